The van der Waals surface area contributed by atoms with Crippen LogP contribution < -0.4 is 9.64 Å². The Morgan fingerprint density at radius 2 is 2.00 bits per heavy atom. The Labute approximate surface area is 89.4 Å². The van der Waals surface area contributed by atoms with E-state index in [-0.39, 0.29) is 18.8 Å². The van der Waals surface area contributed by atoms with Crippen LogP contribution in [-0.2, 0) is 4.79 Å². The predicted octanol–water partition coefficient (Wildman–Crippen LogP) is 1.97. The molecule has 0 spiro atoms. The van der Waals surface area contributed by atoms with Crippen molar-refractivity contribution in [2.75, 3.05) is 18.1 Å². The van der Waals surface area contributed by atoms with Crippen molar-refractivity contribution in [3.05, 3.63) is 24.3 Å². The van der Waals surface area contributed by atoms with Crippen LogP contribution in [-0.4, -0.2) is 25.2 Å². The van der Waals surface area contributed by atoms with Crippen LogP contribution in [0.5, 0.6) is 5.75 Å². The lowest BCUT2D eigenvalue weighted by Crippen LogP contribution is -2.45. The molecule has 0 atom stereocenters. The molecule has 1 amide bonds. The molecule has 86 valence electrons. The zero-order valence-electron chi connectivity index (χ0n) is 8.12. The summed E-state index contributed by atoms with van der Waals surface area (Å²) in [6.07, 6.45) is -4.86. The summed E-state index contributed by atoms with van der Waals surface area (Å²) in [5.74, 6) is -1.56. The summed E-state index contributed by atoms with van der Waals surface area (Å²) in [6.45, 7) is -0.0197. The number of carbonyl (C=O) groups is 1. The Hall–Kier alpha value is -1.72. The van der Waals surface area contributed by atoms with Gasteiger partial charge >= 0.3 is 12.1 Å². The van der Waals surface area contributed by atoms with E-state index in [2.05, 4.69) is 0 Å². The van der Waals surface area contributed by atoms with E-state index in [1.807, 2.05) is 0 Å². The number of benzene rings is 1. The molecular weight excluding hydrogens is 223 g/mol. The van der Waals surface area contributed by atoms with E-state index in [4.69, 9.17) is 4.74 Å². The van der Waals surface area contributed by atoms with Gasteiger partial charge in [-0.1, -0.05) is 12.1 Å². The SMILES string of the molecule is O=C(N1CCOc2ccccc21)C(F)(F)F. The van der Waals surface area contributed by atoms with Crippen molar-refractivity contribution in [1.29, 1.82) is 0 Å². The molecule has 0 fully saturated rings. The number of alkyl halides is 3. The molecule has 0 bridgehead atoms. The summed E-state index contributed by atoms with van der Waals surface area (Å²) in [5.41, 5.74) is 0.163. The molecule has 0 aliphatic carbocycles. The van der Waals surface area contributed by atoms with Gasteiger partial charge in [0.15, 0.2) is 0 Å². The lowest BCUT2D eigenvalue weighted by atomic mass is 10.2. The fourth-order valence-corrected chi connectivity index (χ4v) is 1.53. The van der Waals surface area contributed by atoms with E-state index in [9.17, 15) is 18.0 Å². The number of rotatable bonds is 0. The first-order valence-corrected chi connectivity index (χ1v) is 4.60. The van der Waals surface area contributed by atoms with Gasteiger partial charge in [-0.3, -0.25) is 9.69 Å². The maximum atomic E-state index is 12.3. The number of nitrogens with zero attached hydrogens (tertiary/aromatic N) is 1. The van der Waals surface area contributed by atoms with Crippen molar-refractivity contribution in [2.24, 2.45) is 0 Å². The quantitative estimate of drug-likeness (QED) is 0.683. The first-order valence-electron chi connectivity index (χ1n) is 4.60. The summed E-state index contributed by atoms with van der Waals surface area (Å²) < 4.78 is 42.0. The maximum Gasteiger partial charge on any atom is 0.471 e. The molecule has 1 aliphatic rings. The van der Waals surface area contributed by atoms with E-state index < -0.39 is 12.1 Å². The van der Waals surface area contributed by atoms with Gasteiger partial charge in [0.1, 0.15) is 12.4 Å². The molecular formula is C10H8F3NO2. The topological polar surface area (TPSA) is 29.5 Å². The molecule has 0 aromatic heterocycles. The smallest absolute Gasteiger partial charge is 0.471 e. The Balaban J connectivity index is 2.36. The first-order chi connectivity index (χ1) is 7.50. The Bertz CT molecular complexity index is 417. The third-order valence-electron chi connectivity index (χ3n) is 2.22. The Morgan fingerprint density at radius 1 is 1.31 bits per heavy atom. The molecule has 0 saturated carbocycles. The van der Waals surface area contributed by atoms with Gasteiger partial charge in [0.25, 0.3) is 0 Å². The minimum absolute atomic E-state index is 0.0683. The molecule has 0 radical (unpaired) electrons. The maximum absolute atomic E-state index is 12.3. The lowest BCUT2D eigenvalue weighted by Gasteiger charge is -2.29. The second-order valence-electron chi connectivity index (χ2n) is 3.27. The first kappa shape index (κ1) is 10.8. The number of amides is 1. The molecule has 1 aromatic rings. The highest BCUT2D eigenvalue weighted by Gasteiger charge is 2.44. The number of ether oxygens (including phenoxy) is 1. The normalized spacial score (nSPS) is 15.3. The van der Waals surface area contributed by atoms with Gasteiger partial charge in [0.05, 0.1) is 12.2 Å². The average molecular weight is 231 g/mol. The Morgan fingerprint density at radius 3 is 2.69 bits per heavy atom. The molecule has 3 nitrogen and oxygen atoms in total. The minimum atomic E-state index is -4.86. The summed E-state index contributed by atoms with van der Waals surface area (Å²) in [4.78, 5) is 11.8. The van der Waals surface area contributed by atoms with Gasteiger partial charge in [-0.15, -0.1) is 0 Å². The molecule has 2 rings (SSSR count). The van der Waals surface area contributed by atoms with E-state index >= 15 is 0 Å². The lowest BCUT2D eigenvalue weighted by molar-refractivity contribution is -0.170. The number of anilines is 1. The standard InChI is InChI=1S/C10H8F3NO2/c11-10(12,13)9(15)14-5-6-16-8-4-2-1-3-7(8)14/h1-4H,5-6H2. The number of carbonyl (C=O) groups excluding carboxylic acids is 1. The fourth-order valence-electron chi connectivity index (χ4n) is 1.53. The second kappa shape index (κ2) is 3.70. The van der Waals surface area contributed by atoms with Crippen LogP contribution in [0, 0.1) is 0 Å². The van der Waals surface area contributed by atoms with E-state index in [1.165, 1.54) is 12.1 Å². The summed E-state index contributed by atoms with van der Waals surface area (Å²) in [7, 11) is 0. The third kappa shape index (κ3) is 1.82. The number of halogens is 3. The molecule has 16 heavy (non-hydrogen) atoms. The van der Waals surface area contributed by atoms with Gasteiger partial charge < -0.3 is 4.74 Å². The van der Waals surface area contributed by atoms with E-state index in [1.54, 1.807) is 12.1 Å². The van der Waals surface area contributed by atoms with Gasteiger partial charge in [0.2, 0.25) is 0 Å². The van der Waals surface area contributed by atoms with Crippen molar-refractivity contribution < 1.29 is 22.7 Å². The average Bonchev–Trinajstić information content (AvgIpc) is 2.26. The molecule has 1 heterocycles. The van der Waals surface area contributed by atoms with Crippen LogP contribution in [0.25, 0.3) is 0 Å². The summed E-state index contributed by atoms with van der Waals surface area (Å²) in [5, 5.41) is 0. The van der Waals surface area contributed by atoms with Gasteiger partial charge in [-0.2, -0.15) is 13.2 Å². The minimum Gasteiger partial charge on any atom is -0.490 e. The molecule has 1 aromatic carbocycles. The molecule has 0 N–H and O–H groups in total. The number of hydrogen-bond acceptors (Lipinski definition) is 2. The summed E-state index contributed by atoms with van der Waals surface area (Å²) >= 11 is 0. The largest absolute Gasteiger partial charge is 0.490 e. The van der Waals surface area contributed by atoms with Crippen molar-refractivity contribution in [2.45, 2.75) is 6.18 Å². The zero-order chi connectivity index (χ0) is 11.8. The van der Waals surface area contributed by atoms with Crippen molar-refractivity contribution in [3.8, 4) is 5.75 Å². The monoisotopic (exact) mass is 231 g/mol. The van der Waals surface area contributed by atoms with Crippen molar-refractivity contribution in [3.63, 3.8) is 0 Å². The van der Waals surface area contributed by atoms with Gasteiger partial charge in [-0.25, -0.2) is 0 Å². The van der Waals surface area contributed by atoms with E-state index in [0.717, 1.165) is 0 Å². The molecule has 6 heteroatoms. The van der Waals surface area contributed by atoms with Crippen LogP contribution in [0.3, 0.4) is 0 Å². The second-order valence-corrected chi connectivity index (χ2v) is 3.27. The fraction of sp³-hybridized carbons (Fsp3) is 0.300. The summed E-state index contributed by atoms with van der Waals surface area (Å²) in [6, 6.07) is 6.16. The van der Waals surface area contributed by atoms with Crippen LogP contribution in [0.1, 0.15) is 0 Å². The predicted molar refractivity (Wildman–Crippen MR) is 50.3 cm³/mol. The highest BCUT2D eigenvalue weighted by atomic mass is 19.4. The van der Waals surface area contributed by atoms with Crippen LogP contribution in [0.4, 0.5) is 18.9 Å². The number of para-hydroxylation sites is 2. The van der Waals surface area contributed by atoms with Crippen LogP contribution in [0.2, 0.25) is 0 Å². The van der Waals surface area contributed by atoms with E-state index in [0.29, 0.717) is 10.6 Å². The highest BCUT2D eigenvalue weighted by Crippen LogP contribution is 2.33. The Kier molecular flexibility index (Phi) is 2.49. The van der Waals surface area contributed by atoms with Gasteiger partial charge in [0, 0.05) is 0 Å². The number of hydrogen-bond donors (Lipinski definition) is 0. The molecule has 0 unspecified atom stereocenters. The zero-order valence-corrected chi connectivity index (χ0v) is 8.12. The highest BCUT2D eigenvalue weighted by molar-refractivity contribution is 5.98. The molecule has 0 saturated heterocycles. The molecule has 1 aliphatic heterocycles. The van der Waals surface area contributed by atoms with Crippen molar-refractivity contribution in [1.82, 2.24) is 0 Å². The van der Waals surface area contributed by atoms with Gasteiger partial charge in [-0.05, 0) is 12.1 Å². The number of fused-ring (bicyclic) bond motifs is 1. The van der Waals surface area contributed by atoms with Crippen LogP contribution >= 0.6 is 0 Å². The van der Waals surface area contributed by atoms with Crippen molar-refractivity contribution >= 4 is 11.6 Å². The van der Waals surface area contributed by atoms with Crippen LogP contribution in [0.15, 0.2) is 24.3 Å². The third-order valence-corrected chi connectivity index (χ3v) is 2.22.